The molecule has 1 aromatic rings. The van der Waals surface area contributed by atoms with Crippen molar-refractivity contribution in [1.29, 1.82) is 0 Å². The molecule has 0 heterocycles. The van der Waals surface area contributed by atoms with Gasteiger partial charge >= 0.3 is 0 Å². The normalized spacial score (nSPS) is 8.60. The molecule has 1 atom stereocenters. The summed E-state index contributed by atoms with van der Waals surface area (Å²) in [5.74, 6) is 0.384. The summed E-state index contributed by atoms with van der Waals surface area (Å²) in [4.78, 5) is 0. The molecule has 1 aromatic carbocycles. The second kappa shape index (κ2) is 3.58. The lowest BCUT2D eigenvalue weighted by molar-refractivity contribution is 0.470. The van der Waals surface area contributed by atoms with E-state index in [0.717, 1.165) is 11.1 Å². The predicted octanol–water partition coefficient (Wildman–Crippen LogP) is 2.07. The van der Waals surface area contributed by atoms with Crippen LogP contribution in [0.15, 0.2) is 18.2 Å². The Labute approximate surface area is 64.7 Å². The number of benzene rings is 1. The topological polar surface area (TPSA) is 20.2 Å². The van der Waals surface area contributed by atoms with Crippen LogP contribution in [0.3, 0.4) is 0 Å². The first kappa shape index (κ1) is 9.45. The second-order valence-electron chi connectivity index (χ2n) is 2.22. The SMILES string of the molecule is Cc1cccc(O)c1C.P. The summed E-state index contributed by atoms with van der Waals surface area (Å²) in [6.45, 7) is 3.89. The zero-order valence-electron chi connectivity index (χ0n) is 6.39. The Kier molecular flexibility index (Phi) is 3.38. The van der Waals surface area contributed by atoms with E-state index in [4.69, 9.17) is 5.11 Å². The van der Waals surface area contributed by atoms with Crippen molar-refractivity contribution >= 4 is 9.90 Å². The lowest BCUT2D eigenvalue weighted by Gasteiger charge is -1.99. The summed E-state index contributed by atoms with van der Waals surface area (Å²) in [6.07, 6.45) is 0. The zero-order valence-corrected chi connectivity index (χ0v) is 7.80. The summed E-state index contributed by atoms with van der Waals surface area (Å²) >= 11 is 0. The third-order valence-electron chi connectivity index (χ3n) is 1.58. The first-order valence-corrected chi connectivity index (χ1v) is 2.97. The molecule has 10 heavy (non-hydrogen) atoms. The molecule has 0 aliphatic carbocycles. The minimum absolute atomic E-state index is 0. The molecular formula is C8H13OP. The van der Waals surface area contributed by atoms with Crippen molar-refractivity contribution < 1.29 is 5.11 Å². The van der Waals surface area contributed by atoms with E-state index in [0.29, 0.717) is 5.75 Å². The van der Waals surface area contributed by atoms with E-state index in [1.807, 2.05) is 26.0 Å². The predicted molar refractivity (Wildman–Crippen MR) is 48.7 cm³/mol. The summed E-state index contributed by atoms with van der Waals surface area (Å²) in [5.41, 5.74) is 2.10. The van der Waals surface area contributed by atoms with Crippen LogP contribution in [0.25, 0.3) is 0 Å². The first-order valence-electron chi connectivity index (χ1n) is 2.97. The van der Waals surface area contributed by atoms with Gasteiger partial charge < -0.3 is 5.11 Å². The van der Waals surface area contributed by atoms with Gasteiger partial charge in [-0.3, -0.25) is 0 Å². The van der Waals surface area contributed by atoms with Crippen molar-refractivity contribution in [2.75, 3.05) is 0 Å². The summed E-state index contributed by atoms with van der Waals surface area (Å²) in [7, 11) is 0. The number of phenolic OH excluding ortho intramolecular Hbond substituents is 1. The summed E-state index contributed by atoms with van der Waals surface area (Å²) in [6, 6.07) is 5.52. The molecule has 0 aliphatic rings. The molecule has 0 bridgehead atoms. The van der Waals surface area contributed by atoms with E-state index in [1.165, 1.54) is 0 Å². The molecule has 0 aliphatic heterocycles. The van der Waals surface area contributed by atoms with Crippen LogP contribution in [0.1, 0.15) is 11.1 Å². The highest BCUT2D eigenvalue weighted by Crippen LogP contribution is 2.17. The van der Waals surface area contributed by atoms with E-state index < -0.39 is 0 Å². The van der Waals surface area contributed by atoms with E-state index in [2.05, 4.69) is 0 Å². The van der Waals surface area contributed by atoms with E-state index in [9.17, 15) is 0 Å². The van der Waals surface area contributed by atoms with Crippen LogP contribution in [0.4, 0.5) is 0 Å². The number of hydrogen-bond acceptors (Lipinski definition) is 1. The van der Waals surface area contributed by atoms with Gasteiger partial charge in [-0.05, 0) is 31.0 Å². The molecule has 1 N–H and O–H groups in total. The van der Waals surface area contributed by atoms with E-state index in [1.54, 1.807) is 6.07 Å². The quantitative estimate of drug-likeness (QED) is 0.570. The van der Waals surface area contributed by atoms with Crippen LogP contribution in [0, 0.1) is 13.8 Å². The zero-order chi connectivity index (χ0) is 6.85. The third kappa shape index (κ3) is 1.71. The number of aromatic hydroxyl groups is 1. The molecule has 0 spiro atoms. The Hall–Kier alpha value is -0.550. The maximum Gasteiger partial charge on any atom is 0.118 e. The number of rotatable bonds is 0. The number of hydrogen-bond donors (Lipinski definition) is 1. The average molecular weight is 156 g/mol. The van der Waals surface area contributed by atoms with E-state index >= 15 is 0 Å². The standard InChI is InChI=1S/C8H10O.H3P/c1-6-4-3-5-8(9)7(6)2;/h3-5,9H,1-2H3;1H3. The molecule has 0 radical (unpaired) electrons. The Morgan fingerprint density at radius 2 is 1.80 bits per heavy atom. The van der Waals surface area contributed by atoms with Gasteiger partial charge in [0.1, 0.15) is 5.75 Å². The largest absolute Gasteiger partial charge is 0.508 e. The average Bonchev–Trinajstić information content (AvgIpc) is 1.83. The van der Waals surface area contributed by atoms with Crippen LogP contribution in [-0.4, -0.2) is 5.11 Å². The first-order chi connectivity index (χ1) is 4.22. The monoisotopic (exact) mass is 156 g/mol. The van der Waals surface area contributed by atoms with Crippen molar-refractivity contribution in [3.8, 4) is 5.75 Å². The maximum atomic E-state index is 9.10. The molecule has 1 unspecified atom stereocenters. The fourth-order valence-electron chi connectivity index (χ4n) is 0.736. The summed E-state index contributed by atoms with van der Waals surface area (Å²) < 4.78 is 0. The molecule has 1 rings (SSSR count). The van der Waals surface area contributed by atoms with Gasteiger partial charge in [0.05, 0.1) is 0 Å². The highest BCUT2D eigenvalue weighted by molar-refractivity contribution is 6.92. The Morgan fingerprint density at radius 1 is 1.20 bits per heavy atom. The van der Waals surface area contributed by atoms with Crippen LogP contribution in [0.2, 0.25) is 0 Å². The van der Waals surface area contributed by atoms with Crippen LogP contribution in [0.5, 0.6) is 5.75 Å². The van der Waals surface area contributed by atoms with Gasteiger partial charge in [-0.15, -0.1) is 0 Å². The molecule has 0 amide bonds. The van der Waals surface area contributed by atoms with Crippen molar-refractivity contribution in [3.63, 3.8) is 0 Å². The van der Waals surface area contributed by atoms with Gasteiger partial charge in [-0.2, -0.15) is 9.90 Å². The van der Waals surface area contributed by atoms with Gasteiger partial charge in [-0.25, -0.2) is 0 Å². The van der Waals surface area contributed by atoms with Crippen LogP contribution in [-0.2, 0) is 0 Å². The minimum Gasteiger partial charge on any atom is -0.508 e. The number of aryl methyl sites for hydroxylation is 1. The Balaban J connectivity index is 0.000000810. The molecule has 0 aromatic heterocycles. The van der Waals surface area contributed by atoms with Crippen LogP contribution >= 0.6 is 9.90 Å². The smallest absolute Gasteiger partial charge is 0.118 e. The lowest BCUT2D eigenvalue weighted by atomic mass is 10.1. The molecule has 56 valence electrons. The van der Waals surface area contributed by atoms with Crippen molar-refractivity contribution in [1.82, 2.24) is 0 Å². The van der Waals surface area contributed by atoms with Gasteiger partial charge in [0.15, 0.2) is 0 Å². The van der Waals surface area contributed by atoms with Crippen molar-refractivity contribution in [2.24, 2.45) is 0 Å². The van der Waals surface area contributed by atoms with Gasteiger partial charge in [-0.1, -0.05) is 12.1 Å². The Morgan fingerprint density at radius 3 is 2.20 bits per heavy atom. The highest BCUT2D eigenvalue weighted by atomic mass is 31.0. The Bertz CT molecular complexity index is 200. The molecule has 0 fully saturated rings. The molecule has 0 saturated carbocycles. The molecule has 2 heteroatoms. The lowest BCUT2D eigenvalue weighted by Crippen LogP contribution is -1.78. The molecular weight excluding hydrogens is 143 g/mol. The molecule has 0 saturated heterocycles. The van der Waals surface area contributed by atoms with Gasteiger partial charge in [0.25, 0.3) is 0 Å². The maximum absolute atomic E-state index is 9.10. The fraction of sp³-hybridized carbons (Fsp3) is 0.250. The molecule has 1 nitrogen and oxygen atoms in total. The van der Waals surface area contributed by atoms with Gasteiger partial charge in [0.2, 0.25) is 0 Å². The van der Waals surface area contributed by atoms with Gasteiger partial charge in [0, 0.05) is 0 Å². The van der Waals surface area contributed by atoms with E-state index in [-0.39, 0.29) is 9.90 Å². The second-order valence-corrected chi connectivity index (χ2v) is 2.22. The summed E-state index contributed by atoms with van der Waals surface area (Å²) in [5, 5.41) is 9.10. The highest BCUT2D eigenvalue weighted by Gasteiger charge is 1.94. The fourth-order valence-corrected chi connectivity index (χ4v) is 0.736. The minimum atomic E-state index is 0. The third-order valence-corrected chi connectivity index (χ3v) is 1.58. The van der Waals surface area contributed by atoms with Crippen molar-refractivity contribution in [2.45, 2.75) is 13.8 Å². The van der Waals surface area contributed by atoms with Crippen molar-refractivity contribution in [3.05, 3.63) is 29.3 Å². The van der Waals surface area contributed by atoms with Crippen LogP contribution < -0.4 is 0 Å². The number of phenols is 1.